The van der Waals surface area contributed by atoms with Crippen molar-refractivity contribution in [3.63, 3.8) is 0 Å². The van der Waals surface area contributed by atoms with Crippen molar-refractivity contribution >= 4 is 11.9 Å². The molecule has 1 aromatic carbocycles. The van der Waals surface area contributed by atoms with Gasteiger partial charge in [0.15, 0.2) is 0 Å². The van der Waals surface area contributed by atoms with E-state index in [0.717, 1.165) is 5.56 Å². The molecule has 0 radical (unpaired) electrons. The normalized spacial score (nSPS) is 12.8. The highest BCUT2D eigenvalue weighted by Gasteiger charge is 2.32. The molecule has 0 aliphatic carbocycles. The highest BCUT2D eigenvalue weighted by Crippen LogP contribution is 2.23. The van der Waals surface area contributed by atoms with Gasteiger partial charge in [-0.2, -0.15) is 0 Å². The fourth-order valence-corrected chi connectivity index (χ4v) is 2.27. The van der Waals surface area contributed by atoms with E-state index >= 15 is 0 Å². The molecule has 0 heterocycles. The van der Waals surface area contributed by atoms with Gasteiger partial charge in [0.05, 0.1) is 12.3 Å². The predicted molar refractivity (Wildman–Crippen MR) is 78.6 cm³/mol. The van der Waals surface area contributed by atoms with Crippen molar-refractivity contribution < 1.29 is 14.7 Å². The molecule has 0 bridgehead atoms. The molecule has 1 atom stereocenters. The van der Waals surface area contributed by atoms with Gasteiger partial charge in [0, 0.05) is 5.54 Å². The Bertz CT molecular complexity index is 452. The van der Waals surface area contributed by atoms with Crippen LogP contribution in [-0.2, 0) is 9.59 Å². The van der Waals surface area contributed by atoms with E-state index in [-0.39, 0.29) is 18.2 Å². The van der Waals surface area contributed by atoms with Crippen molar-refractivity contribution in [1.29, 1.82) is 0 Å². The van der Waals surface area contributed by atoms with Gasteiger partial charge in [-0.15, -0.1) is 0 Å². The van der Waals surface area contributed by atoms with Gasteiger partial charge < -0.3 is 10.4 Å². The Hall–Kier alpha value is -1.84. The minimum Gasteiger partial charge on any atom is -0.481 e. The van der Waals surface area contributed by atoms with Crippen LogP contribution in [0.1, 0.15) is 51.5 Å². The number of hydrogen-bond donors (Lipinski definition) is 2. The number of aliphatic carboxylic acids is 1. The van der Waals surface area contributed by atoms with Crippen LogP contribution in [0.2, 0.25) is 0 Å². The quantitative estimate of drug-likeness (QED) is 0.805. The minimum absolute atomic E-state index is 0.0484. The molecule has 0 aromatic heterocycles. The molecular weight excluding hydrogens is 254 g/mol. The van der Waals surface area contributed by atoms with E-state index in [1.165, 1.54) is 0 Å². The SMILES string of the molecule is CCC(CC)(CC(=O)O)NC(=O)[C@H](C)c1ccccc1. The monoisotopic (exact) mass is 277 g/mol. The molecule has 4 nitrogen and oxygen atoms in total. The first-order valence-electron chi connectivity index (χ1n) is 7.03. The van der Waals surface area contributed by atoms with Crippen LogP contribution in [0.3, 0.4) is 0 Å². The number of carbonyl (C=O) groups excluding carboxylic acids is 1. The molecule has 4 heteroatoms. The Kier molecular flexibility index (Phi) is 5.74. The zero-order valence-corrected chi connectivity index (χ0v) is 12.3. The topological polar surface area (TPSA) is 66.4 Å². The molecule has 0 fully saturated rings. The smallest absolute Gasteiger partial charge is 0.305 e. The van der Waals surface area contributed by atoms with Crippen molar-refractivity contribution in [2.75, 3.05) is 0 Å². The van der Waals surface area contributed by atoms with Gasteiger partial charge in [0.1, 0.15) is 0 Å². The van der Waals surface area contributed by atoms with Crippen LogP contribution < -0.4 is 5.32 Å². The largest absolute Gasteiger partial charge is 0.481 e. The van der Waals surface area contributed by atoms with Gasteiger partial charge in [-0.05, 0) is 25.3 Å². The summed E-state index contributed by atoms with van der Waals surface area (Å²) in [6.45, 7) is 5.64. The number of amides is 1. The van der Waals surface area contributed by atoms with Crippen molar-refractivity contribution in [1.82, 2.24) is 5.32 Å². The van der Waals surface area contributed by atoms with Crippen molar-refractivity contribution in [3.8, 4) is 0 Å². The lowest BCUT2D eigenvalue weighted by Gasteiger charge is -2.32. The predicted octanol–water partition coefficient (Wildman–Crippen LogP) is 2.94. The lowest BCUT2D eigenvalue weighted by molar-refractivity contribution is -0.139. The van der Waals surface area contributed by atoms with Crippen LogP contribution in [0.15, 0.2) is 30.3 Å². The summed E-state index contributed by atoms with van der Waals surface area (Å²) < 4.78 is 0. The standard InChI is InChI=1S/C16H23NO3/c1-4-16(5-2,11-14(18)19)17-15(20)12(3)13-9-7-6-8-10-13/h6-10,12H,4-5,11H2,1-3H3,(H,17,20)(H,18,19)/t12-/m1/s1. The van der Waals surface area contributed by atoms with Crippen LogP contribution in [0, 0.1) is 0 Å². The Morgan fingerprint density at radius 1 is 1.20 bits per heavy atom. The summed E-state index contributed by atoms with van der Waals surface area (Å²) in [5.74, 6) is -1.30. The van der Waals surface area contributed by atoms with Crippen molar-refractivity contribution in [3.05, 3.63) is 35.9 Å². The maximum atomic E-state index is 12.4. The molecule has 0 unspecified atom stereocenters. The fraction of sp³-hybridized carbons (Fsp3) is 0.500. The van der Waals surface area contributed by atoms with E-state index < -0.39 is 11.5 Å². The van der Waals surface area contributed by atoms with Crippen LogP contribution in [0.4, 0.5) is 0 Å². The van der Waals surface area contributed by atoms with E-state index in [1.807, 2.05) is 51.1 Å². The van der Waals surface area contributed by atoms with E-state index in [2.05, 4.69) is 5.32 Å². The van der Waals surface area contributed by atoms with Crippen LogP contribution >= 0.6 is 0 Å². The Morgan fingerprint density at radius 2 is 1.75 bits per heavy atom. The minimum atomic E-state index is -0.888. The van der Waals surface area contributed by atoms with Crippen LogP contribution in [0.25, 0.3) is 0 Å². The average molecular weight is 277 g/mol. The third-order valence-corrected chi connectivity index (χ3v) is 3.92. The molecule has 0 spiro atoms. The van der Waals surface area contributed by atoms with Crippen molar-refractivity contribution in [2.45, 2.75) is 51.5 Å². The maximum absolute atomic E-state index is 12.4. The maximum Gasteiger partial charge on any atom is 0.305 e. The third-order valence-electron chi connectivity index (χ3n) is 3.92. The van der Waals surface area contributed by atoms with Gasteiger partial charge in [-0.1, -0.05) is 44.2 Å². The summed E-state index contributed by atoms with van der Waals surface area (Å²) in [5, 5.41) is 12.0. The first kappa shape index (κ1) is 16.2. The Labute approximate surface area is 120 Å². The van der Waals surface area contributed by atoms with Gasteiger partial charge >= 0.3 is 5.97 Å². The lowest BCUT2D eigenvalue weighted by atomic mass is 9.87. The second-order valence-electron chi connectivity index (χ2n) is 5.18. The highest BCUT2D eigenvalue weighted by molar-refractivity contribution is 5.84. The van der Waals surface area contributed by atoms with Crippen molar-refractivity contribution in [2.24, 2.45) is 0 Å². The number of nitrogens with one attached hydrogen (secondary N) is 1. The Balaban J connectivity index is 2.83. The van der Waals surface area contributed by atoms with Gasteiger partial charge in [-0.3, -0.25) is 9.59 Å². The van der Waals surface area contributed by atoms with E-state index in [4.69, 9.17) is 5.11 Å². The number of carbonyl (C=O) groups is 2. The summed E-state index contributed by atoms with van der Waals surface area (Å²) in [4.78, 5) is 23.4. The summed E-state index contributed by atoms with van der Waals surface area (Å²) in [6.07, 6.45) is 1.15. The molecule has 2 N–H and O–H groups in total. The molecule has 110 valence electrons. The highest BCUT2D eigenvalue weighted by atomic mass is 16.4. The molecule has 0 aliphatic rings. The summed E-state index contributed by atoms with van der Waals surface area (Å²) in [7, 11) is 0. The zero-order valence-electron chi connectivity index (χ0n) is 12.3. The van der Waals surface area contributed by atoms with Gasteiger partial charge in [-0.25, -0.2) is 0 Å². The molecule has 1 aromatic rings. The molecule has 20 heavy (non-hydrogen) atoms. The second-order valence-corrected chi connectivity index (χ2v) is 5.18. The van der Waals surface area contributed by atoms with Crippen LogP contribution in [-0.4, -0.2) is 22.5 Å². The molecular formula is C16H23NO3. The number of rotatable bonds is 7. The third kappa shape index (κ3) is 4.08. The van der Waals surface area contributed by atoms with Gasteiger partial charge in [0.2, 0.25) is 5.91 Å². The number of hydrogen-bond acceptors (Lipinski definition) is 2. The summed E-state index contributed by atoms with van der Waals surface area (Å²) >= 11 is 0. The number of carboxylic acids is 1. The summed E-state index contributed by atoms with van der Waals surface area (Å²) in [5.41, 5.74) is 0.271. The first-order valence-corrected chi connectivity index (χ1v) is 7.03. The first-order chi connectivity index (χ1) is 9.44. The molecule has 1 rings (SSSR count). The molecule has 0 aliphatic heterocycles. The number of benzene rings is 1. The fourth-order valence-electron chi connectivity index (χ4n) is 2.27. The van der Waals surface area contributed by atoms with Gasteiger partial charge in [0.25, 0.3) is 0 Å². The number of carboxylic acid groups (broad SMARTS) is 1. The van der Waals surface area contributed by atoms with Crippen LogP contribution in [0.5, 0.6) is 0 Å². The van der Waals surface area contributed by atoms with E-state index in [0.29, 0.717) is 12.8 Å². The lowest BCUT2D eigenvalue weighted by Crippen LogP contribution is -2.50. The molecule has 0 saturated heterocycles. The second kappa shape index (κ2) is 7.08. The van der Waals surface area contributed by atoms with E-state index in [9.17, 15) is 9.59 Å². The summed E-state index contributed by atoms with van der Waals surface area (Å²) in [6, 6.07) is 9.50. The Morgan fingerprint density at radius 3 is 2.20 bits per heavy atom. The molecule has 0 saturated carbocycles. The van der Waals surface area contributed by atoms with E-state index in [1.54, 1.807) is 0 Å². The average Bonchev–Trinajstić information content (AvgIpc) is 2.46. The molecule has 1 amide bonds. The zero-order chi connectivity index (χ0) is 15.2.